The average Bonchev–Trinajstić information content (AvgIpc) is 1.21. The van der Waals surface area contributed by atoms with Crippen molar-refractivity contribution < 1.29 is 22.0 Å². The SMILES string of the molecule is CC(O)C[N+](C)(C)C.Cl.[Cl-]. The standard InChI is InChI=1S/C6H16NO.2ClH/c1-6(8)5-7(2,3)4;;/h6,8H,5H2,1-4H3;2*1H/q+1;;/p-1. The monoisotopic (exact) mass is 189 g/mol. The summed E-state index contributed by atoms with van der Waals surface area (Å²) in [5, 5.41) is 8.87. The Morgan fingerprint density at radius 2 is 1.60 bits per heavy atom. The van der Waals surface area contributed by atoms with Gasteiger partial charge in [0.1, 0.15) is 12.6 Å². The smallest absolute Gasteiger partial charge is 0.104 e. The Labute approximate surface area is 75.6 Å². The van der Waals surface area contributed by atoms with E-state index in [9.17, 15) is 0 Å². The number of likely N-dealkylation sites (N-methyl/N-ethyl adjacent to an activating group) is 1. The molecule has 1 N–H and O–H groups in total. The van der Waals surface area contributed by atoms with Gasteiger partial charge in [0.2, 0.25) is 0 Å². The second-order valence-corrected chi connectivity index (χ2v) is 3.32. The molecule has 10 heavy (non-hydrogen) atoms. The van der Waals surface area contributed by atoms with Crippen LogP contribution in [0.4, 0.5) is 0 Å². The topological polar surface area (TPSA) is 20.2 Å². The number of aliphatic hydroxyl groups excluding tert-OH is 1. The van der Waals surface area contributed by atoms with Crippen molar-refractivity contribution in [1.29, 1.82) is 0 Å². The van der Waals surface area contributed by atoms with Gasteiger partial charge in [0.25, 0.3) is 0 Å². The maximum absolute atomic E-state index is 8.87. The van der Waals surface area contributed by atoms with E-state index in [1.54, 1.807) is 0 Å². The summed E-state index contributed by atoms with van der Waals surface area (Å²) < 4.78 is 0.831. The molecule has 0 aromatic heterocycles. The lowest BCUT2D eigenvalue weighted by Crippen LogP contribution is -3.00. The zero-order valence-corrected chi connectivity index (χ0v) is 8.54. The zero-order valence-electron chi connectivity index (χ0n) is 6.97. The molecule has 0 bridgehead atoms. The summed E-state index contributed by atoms with van der Waals surface area (Å²) in [6.07, 6.45) is -0.185. The molecule has 0 saturated heterocycles. The first-order valence-electron chi connectivity index (χ1n) is 2.90. The minimum absolute atomic E-state index is 0. The van der Waals surface area contributed by atoms with E-state index in [1.165, 1.54) is 0 Å². The first-order valence-corrected chi connectivity index (χ1v) is 2.90. The molecule has 0 amide bonds. The van der Waals surface area contributed by atoms with Crippen molar-refractivity contribution in [1.82, 2.24) is 0 Å². The predicted molar refractivity (Wildman–Crippen MR) is 41.8 cm³/mol. The Balaban J connectivity index is -0.000000245. The Kier molecular flexibility index (Phi) is 10.5. The molecule has 1 atom stereocenters. The average molecular weight is 190 g/mol. The van der Waals surface area contributed by atoms with Crippen molar-refractivity contribution in [3.63, 3.8) is 0 Å². The van der Waals surface area contributed by atoms with Crippen LogP contribution >= 0.6 is 12.4 Å². The van der Waals surface area contributed by atoms with Gasteiger partial charge in [-0.25, -0.2) is 0 Å². The number of quaternary nitrogens is 1. The van der Waals surface area contributed by atoms with Crippen molar-refractivity contribution in [2.45, 2.75) is 13.0 Å². The Morgan fingerprint density at radius 1 is 1.30 bits per heavy atom. The van der Waals surface area contributed by atoms with Crippen molar-refractivity contribution in [2.24, 2.45) is 0 Å². The van der Waals surface area contributed by atoms with Crippen LogP contribution in [0.15, 0.2) is 0 Å². The Morgan fingerprint density at radius 3 is 1.60 bits per heavy atom. The summed E-state index contributed by atoms with van der Waals surface area (Å²) >= 11 is 0. The molecular formula is C6H17Cl2NO. The molecule has 0 aromatic rings. The second-order valence-electron chi connectivity index (χ2n) is 3.32. The molecule has 0 spiro atoms. The first kappa shape index (κ1) is 16.8. The molecule has 0 aliphatic heterocycles. The van der Waals surface area contributed by atoms with Gasteiger partial charge >= 0.3 is 0 Å². The summed E-state index contributed by atoms with van der Waals surface area (Å²) in [5.41, 5.74) is 0. The molecule has 0 heterocycles. The maximum atomic E-state index is 8.87. The summed E-state index contributed by atoms with van der Waals surface area (Å²) in [7, 11) is 6.19. The van der Waals surface area contributed by atoms with E-state index >= 15 is 0 Å². The molecule has 1 unspecified atom stereocenters. The van der Waals surface area contributed by atoms with Crippen molar-refractivity contribution in [2.75, 3.05) is 27.7 Å². The molecule has 0 rings (SSSR count). The third-order valence-corrected chi connectivity index (χ3v) is 0.812. The van der Waals surface area contributed by atoms with Crippen molar-refractivity contribution >= 4 is 12.4 Å². The number of hydrogen-bond donors (Lipinski definition) is 1. The number of nitrogens with zero attached hydrogens (tertiary/aromatic N) is 1. The van der Waals surface area contributed by atoms with Gasteiger partial charge in [-0.05, 0) is 6.92 Å². The summed E-state index contributed by atoms with van der Waals surface area (Å²) in [5.74, 6) is 0. The zero-order chi connectivity index (χ0) is 6.78. The first-order chi connectivity index (χ1) is 3.42. The maximum Gasteiger partial charge on any atom is 0.104 e. The minimum atomic E-state index is -0.185. The highest BCUT2D eigenvalue weighted by molar-refractivity contribution is 5.85. The quantitative estimate of drug-likeness (QED) is 0.477. The normalized spacial score (nSPS) is 12.9. The number of aliphatic hydroxyl groups is 1. The fraction of sp³-hybridized carbons (Fsp3) is 1.00. The highest BCUT2D eigenvalue weighted by Gasteiger charge is 2.09. The summed E-state index contributed by atoms with van der Waals surface area (Å²) in [4.78, 5) is 0. The number of hydrogen-bond acceptors (Lipinski definition) is 1. The van der Waals surface area contributed by atoms with Crippen LogP contribution in [0.1, 0.15) is 6.92 Å². The van der Waals surface area contributed by atoms with Gasteiger partial charge in [-0.2, -0.15) is 0 Å². The molecule has 0 fully saturated rings. The molecule has 66 valence electrons. The fourth-order valence-electron chi connectivity index (χ4n) is 0.793. The van der Waals surface area contributed by atoms with E-state index in [1.807, 2.05) is 6.92 Å². The molecule has 0 radical (unpaired) electrons. The highest BCUT2D eigenvalue weighted by atomic mass is 35.5. The number of halogens is 2. The molecular weight excluding hydrogens is 173 g/mol. The van der Waals surface area contributed by atoms with E-state index in [2.05, 4.69) is 21.1 Å². The van der Waals surface area contributed by atoms with Crippen LogP contribution in [0.5, 0.6) is 0 Å². The van der Waals surface area contributed by atoms with Crippen LogP contribution < -0.4 is 12.4 Å². The lowest BCUT2D eigenvalue weighted by molar-refractivity contribution is -0.873. The Bertz CT molecular complexity index is 70.6. The van der Waals surface area contributed by atoms with Crippen LogP contribution in [0, 0.1) is 0 Å². The van der Waals surface area contributed by atoms with Gasteiger partial charge in [0.05, 0.1) is 21.1 Å². The molecule has 2 nitrogen and oxygen atoms in total. The predicted octanol–water partition coefficient (Wildman–Crippen LogP) is -2.50. The van der Waals surface area contributed by atoms with E-state index < -0.39 is 0 Å². The largest absolute Gasteiger partial charge is 1.00 e. The van der Waals surface area contributed by atoms with Crippen LogP contribution in [0.2, 0.25) is 0 Å². The second kappa shape index (κ2) is 6.23. The minimum Gasteiger partial charge on any atom is -1.00 e. The molecule has 4 heteroatoms. The third kappa shape index (κ3) is 15.8. The third-order valence-electron chi connectivity index (χ3n) is 0.812. The van der Waals surface area contributed by atoms with Gasteiger partial charge in [-0.1, -0.05) is 0 Å². The van der Waals surface area contributed by atoms with Gasteiger partial charge in [0, 0.05) is 0 Å². The van der Waals surface area contributed by atoms with Crippen molar-refractivity contribution in [3.05, 3.63) is 0 Å². The van der Waals surface area contributed by atoms with Gasteiger partial charge in [0.15, 0.2) is 0 Å². The number of rotatable bonds is 2. The van der Waals surface area contributed by atoms with Crippen LogP contribution in [-0.4, -0.2) is 43.4 Å². The fourth-order valence-corrected chi connectivity index (χ4v) is 0.793. The molecule has 0 saturated carbocycles. The van der Waals surface area contributed by atoms with Gasteiger partial charge in [-0.15, -0.1) is 12.4 Å². The van der Waals surface area contributed by atoms with Crippen molar-refractivity contribution in [3.8, 4) is 0 Å². The summed E-state index contributed by atoms with van der Waals surface area (Å²) in [6, 6.07) is 0. The molecule has 0 aliphatic carbocycles. The van der Waals surface area contributed by atoms with Crippen LogP contribution in [0.25, 0.3) is 0 Å². The van der Waals surface area contributed by atoms with Gasteiger partial charge < -0.3 is 22.0 Å². The van der Waals surface area contributed by atoms with E-state index in [0.29, 0.717) is 0 Å². The van der Waals surface area contributed by atoms with E-state index in [0.717, 1.165) is 11.0 Å². The van der Waals surface area contributed by atoms with Gasteiger partial charge in [-0.3, -0.25) is 0 Å². The summed E-state index contributed by atoms with van der Waals surface area (Å²) in [6.45, 7) is 2.63. The molecule has 0 aliphatic rings. The molecule has 0 aromatic carbocycles. The van der Waals surface area contributed by atoms with Crippen LogP contribution in [0.3, 0.4) is 0 Å². The lowest BCUT2D eigenvalue weighted by Gasteiger charge is -2.24. The van der Waals surface area contributed by atoms with Crippen LogP contribution in [-0.2, 0) is 0 Å². The lowest BCUT2D eigenvalue weighted by atomic mass is 10.3. The highest BCUT2D eigenvalue weighted by Crippen LogP contribution is 1.92. The van der Waals surface area contributed by atoms with E-state index in [-0.39, 0.29) is 30.9 Å². The van der Waals surface area contributed by atoms with E-state index in [4.69, 9.17) is 5.11 Å². The Hall–Kier alpha value is 0.500.